The first-order chi connectivity index (χ1) is 35.1. The number of aliphatic hydroxyl groups excluding tert-OH is 11. The van der Waals surface area contributed by atoms with Crippen LogP contribution >= 0.6 is 0 Å². The van der Waals surface area contributed by atoms with Crippen LogP contribution in [0.15, 0.2) is 12.2 Å². The molecule has 23 heteroatoms. The molecule has 0 aromatic carbocycles. The van der Waals surface area contributed by atoms with Crippen molar-refractivity contribution in [3.05, 3.63) is 12.2 Å². The van der Waals surface area contributed by atoms with Crippen molar-refractivity contribution >= 4 is 6.29 Å². The second-order valence-electron chi connectivity index (χ2n) is 24.8. The van der Waals surface area contributed by atoms with E-state index in [9.17, 15) is 71.3 Å². The van der Waals surface area contributed by atoms with Gasteiger partial charge in [0.05, 0.1) is 44.2 Å². The molecule has 23 nitrogen and oxygen atoms in total. The summed E-state index contributed by atoms with van der Waals surface area (Å²) in [6, 6.07) is 0. The first-order valence-electron chi connectivity index (χ1n) is 26.9. The average Bonchev–Trinajstić information content (AvgIpc) is 3.75. The Bertz CT molecular complexity index is 1960. The maximum Gasteiger partial charge on any atom is 0.187 e. The molecule has 0 aromatic heterocycles. The van der Waals surface area contributed by atoms with Gasteiger partial charge in [-0.1, -0.05) is 39.8 Å². The SMILES string of the molecule is C[C@@H]1O[C@@H](O[C@H]2[C@H](O[C@H]3CC[C@@]4(C=O)[C@H](CC[C@]5(C)[C@@H]4CC[C@@H]4[C@H]([C@](O)(C/C=C/C(C)(C)OO)CO[C@@H]6O[C@H](CO)[C@@H](O)[C@H](O)[C@H]6O)CC[C@]45C)C3(C)C)OC[C@H](O)[C@@H]2O[C@@H]2OC[C@@H](O)[C@H](O)[C@H]2O)[C@H](O)[C@H](O)[C@H]1O. The molecule has 8 aliphatic rings. The van der Waals surface area contributed by atoms with Crippen molar-refractivity contribution in [2.45, 2.75) is 234 Å². The third kappa shape index (κ3) is 10.6. The minimum absolute atomic E-state index is 0.0506. The van der Waals surface area contributed by atoms with Crippen molar-refractivity contribution in [2.24, 2.45) is 45.3 Å². The zero-order valence-electron chi connectivity index (χ0n) is 44.1. The van der Waals surface area contributed by atoms with Crippen LogP contribution in [0.5, 0.6) is 0 Å². The van der Waals surface area contributed by atoms with Gasteiger partial charge in [-0.15, -0.1) is 0 Å². The van der Waals surface area contributed by atoms with Crippen LogP contribution in [0.25, 0.3) is 0 Å². The van der Waals surface area contributed by atoms with E-state index in [4.69, 9.17) is 37.9 Å². The minimum Gasteiger partial charge on any atom is -0.394 e. The zero-order valence-corrected chi connectivity index (χ0v) is 44.1. The Labute approximate surface area is 437 Å². The van der Waals surface area contributed by atoms with Gasteiger partial charge < -0.3 is 104 Å². The molecule has 0 spiro atoms. The van der Waals surface area contributed by atoms with Crippen molar-refractivity contribution < 1.29 is 114 Å². The fourth-order valence-corrected chi connectivity index (χ4v) is 15.4. The van der Waals surface area contributed by atoms with Crippen LogP contribution < -0.4 is 0 Å². The maximum absolute atomic E-state index is 14.2. The molecule has 13 N–H and O–H groups in total. The molecule has 27 atom stereocenters. The molecule has 0 radical (unpaired) electrons. The van der Waals surface area contributed by atoms with Crippen molar-refractivity contribution in [3.8, 4) is 0 Å². The van der Waals surface area contributed by atoms with Gasteiger partial charge >= 0.3 is 0 Å². The van der Waals surface area contributed by atoms with E-state index in [2.05, 4.69) is 32.6 Å². The summed E-state index contributed by atoms with van der Waals surface area (Å²) in [5.74, 6) is -0.717. The van der Waals surface area contributed by atoms with Gasteiger partial charge in [-0.25, -0.2) is 4.89 Å². The first-order valence-corrected chi connectivity index (χ1v) is 26.9. The molecule has 4 aliphatic heterocycles. The Morgan fingerprint density at radius 3 is 1.95 bits per heavy atom. The largest absolute Gasteiger partial charge is 0.394 e. The molecule has 432 valence electrons. The normalized spacial score (nSPS) is 51.1. The maximum atomic E-state index is 14.2. The molecule has 0 aromatic rings. The summed E-state index contributed by atoms with van der Waals surface area (Å²) < 4.78 is 48.6. The van der Waals surface area contributed by atoms with Gasteiger partial charge in [0.2, 0.25) is 0 Å². The van der Waals surface area contributed by atoms with Gasteiger partial charge in [-0.2, -0.15) is 0 Å². The van der Waals surface area contributed by atoms with E-state index >= 15 is 0 Å². The Morgan fingerprint density at radius 2 is 1.27 bits per heavy atom. The number of fused-ring (bicyclic) bond motifs is 5. The lowest BCUT2D eigenvalue weighted by molar-refractivity contribution is -0.383. The summed E-state index contributed by atoms with van der Waals surface area (Å²) in [6.07, 6.45) is -18.5. The number of hydrogen-bond acceptors (Lipinski definition) is 23. The van der Waals surface area contributed by atoms with Gasteiger partial charge in [0, 0.05) is 5.41 Å². The van der Waals surface area contributed by atoms with Gasteiger partial charge in [0.1, 0.15) is 91.2 Å². The lowest BCUT2D eigenvalue weighted by Crippen LogP contribution is -2.67. The number of rotatable bonds is 16. The molecule has 4 heterocycles. The Hall–Kier alpha value is -1.47. The third-order valence-electron chi connectivity index (χ3n) is 20.0. The molecule has 4 aliphatic carbocycles. The molecule has 8 fully saturated rings. The van der Waals surface area contributed by atoms with Crippen LogP contribution in [0.2, 0.25) is 0 Å². The second kappa shape index (κ2) is 22.5. The monoisotopic (exact) mass is 1080 g/mol. The molecule has 0 bridgehead atoms. The van der Waals surface area contributed by atoms with Crippen LogP contribution in [-0.4, -0.2) is 227 Å². The molecule has 8 rings (SSSR count). The molecule has 0 amide bonds. The molecular formula is C52H86O23. The fraction of sp³-hybridized carbons (Fsp3) is 0.942. The first kappa shape index (κ1) is 59.6. The van der Waals surface area contributed by atoms with Crippen molar-refractivity contribution in [1.82, 2.24) is 0 Å². The Morgan fingerprint density at radius 1 is 0.640 bits per heavy atom. The van der Waals surface area contributed by atoms with Crippen LogP contribution in [0.3, 0.4) is 0 Å². The van der Waals surface area contributed by atoms with Gasteiger partial charge in [0.15, 0.2) is 25.2 Å². The number of ether oxygens (including phenoxy) is 8. The number of carbonyl (C=O) groups is 1. The number of aldehydes is 1. The summed E-state index contributed by atoms with van der Waals surface area (Å²) in [5.41, 5.74) is -4.97. The van der Waals surface area contributed by atoms with Crippen molar-refractivity contribution in [2.75, 3.05) is 26.4 Å². The Balaban J connectivity index is 1.03. The van der Waals surface area contributed by atoms with E-state index in [1.54, 1.807) is 26.0 Å². The second-order valence-corrected chi connectivity index (χ2v) is 24.8. The van der Waals surface area contributed by atoms with E-state index in [1.165, 1.54) is 6.92 Å². The molecule has 75 heavy (non-hydrogen) atoms. The summed E-state index contributed by atoms with van der Waals surface area (Å²) in [5, 5.41) is 139. The number of aliphatic hydroxyl groups is 12. The summed E-state index contributed by atoms with van der Waals surface area (Å²) in [6.45, 7) is 11.7. The van der Waals surface area contributed by atoms with Crippen molar-refractivity contribution in [3.63, 3.8) is 0 Å². The highest BCUT2D eigenvalue weighted by Gasteiger charge is 2.71. The van der Waals surface area contributed by atoms with Gasteiger partial charge in [-0.3, -0.25) is 5.26 Å². The van der Waals surface area contributed by atoms with E-state index in [0.717, 1.165) is 12.7 Å². The summed E-state index contributed by atoms with van der Waals surface area (Å²) >= 11 is 0. The predicted molar refractivity (Wildman–Crippen MR) is 256 cm³/mol. The Kier molecular flexibility index (Phi) is 17.9. The van der Waals surface area contributed by atoms with Gasteiger partial charge in [0.25, 0.3) is 0 Å². The molecule has 4 saturated heterocycles. The standard InChI is InChI=1S/C52H86O23/c1-24-33(57)36(60)40(64)45(70-24)74-42-41(73-43-38(62)34(58)27(55)20-67-43)28(56)21-68-46(42)72-32-13-18-51(22-54)30(48(32,4)5)12-17-50(7)31(51)10-9-25-26(11-16-49(25,50)6)52(65,15-8-14-47(2,3)75-66)23-69-44-39(63)37(61)35(59)29(19-53)71-44/h8,14,22,24-46,53,55-66H,9-13,15-21,23H2,1-7H3/b14-8+/t24-,25+,26+,27+,28-,29+,30+,31-,32-,33-,34-,35+,36+,37-,38+,39+,40+,41-,42+,43-,44+,45-,46-,49+,50+,51+,52-/m0/s1. The quantitative estimate of drug-likeness (QED) is 0.0282. The highest BCUT2D eigenvalue weighted by atomic mass is 17.1. The molecular weight excluding hydrogens is 993 g/mol. The predicted octanol–water partition coefficient (Wildman–Crippen LogP) is -1.25. The fourth-order valence-electron chi connectivity index (χ4n) is 15.4. The minimum atomic E-state index is -1.78. The molecule has 0 unspecified atom stereocenters. The number of hydrogen-bond donors (Lipinski definition) is 13. The van der Waals surface area contributed by atoms with Crippen LogP contribution in [0.4, 0.5) is 0 Å². The highest BCUT2D eigenvalue weighted by molar-refractivity contribution is 5.62. The van der Waals surface area contributed by atoms with E-state index in [1.807, 2.05) is 0 Å². The van der Waals surface area contributed by atoms with Gasteiger partial charge in [-0.05, 0) is 118 Å². The van der Waals surface area contributed by atoms with E-state index in [-0.39, 0.29) is 48.7 Å². The highest BCUT2D eigenvalue weighted by Crippen LogP contribution is 2.75. The zero-order chi connectivity index (χ0) is 55.0. The van der Waals surface area contributed by atoms with Crippen LogP contribution in [-0.2, 0) is 47.6 Å². The smallest absolute Gasteiger partial charge is 0.187 e. The lowest BCUT2D eigenvalue weighted by atomic mass is 9.35. The summed E-state index contributed by atoms with van der Waals surface area (Å²) in [7, 11) is 0. The van der Waals surface area contributed by atoms with Crippen molar-refractivity contribution in [1.29, 1.82) is 0 Å². The summed E-state index contributed by atoms with van der Waals surface area (Å²) in [4.78, 5) is 18.8. The van der Waals surface area contributed by atoms with E-state index in [0.29, 0.717) is 44.9 Å². The van der Waals surface area contributed by atoms with Crippen LogP contribution in [0.1, 0.15) is 106 Å². The lowest BCUT2D eigenvalue weighted by Gasteiger charge is -2.69. The van der Waals surface area contributed by atoms with Crippen LogP contribution in [0, 0.1) is 45.3 Å². The number of carbonyl (C=O) groups excluding carboxylic acids is 1. The third-order valence-corrected chi connectivity index (χ3v) is 20.0. The average molecular weight is 1080 g/mol. The topological polar surface area (TPSA) is 363 Å². The van der Waals surface area contributed by atoms with E-state index < -0.39 is 157 Å². The molecule has 4 saturated carbocycles.